The molecular formula is C20H20F2N2O3S. The minimum absolute atomic E-state index is 0.0396. The lowest BCUT2D eigenvalue weighted by molar-refractivity contribution is -0.129. The highest BCUT2D eigenvalue weighted by molar-refractivity contribution is 7.98. The predicted molar refractivity (Wildman–Crippen MR) is 107 cm³/mol. The second kappa shape index (κ2) is 10.5. The van der Waals surface area contributed by atoms with Crippen LogP contribution in [0.2, 0.25) is 0 Å². The average molecular weight is 406 g/mol. The van der Waals surface area contributed by atoms with Gasteiger partial charge in [0.2, 0.25) is 11.8 Å². The number of thioether (sulfide) groups is 1. The number of halogens is 2. The van der Waals surface area contributed by atoms with Gasteiger partial charge in [0.05, 0.1) is 12.2 Å². The molecule has 0 aromatic heterocycles. The molecule has 0 fully saturated rings. The lowest BCUT2D eigenvalue weighted by atomic mass is 10.2. The molecule has 0 unspecified atom stereocenters. The van der Waals surface area contributed by atoms with E-state index in [9.17, 15) is 18.4 Å². The number of alkyl halides is 2. The molecular weight excluding hydrogens is 386 g/mol. The molecule has 2 amide bonds. The molecule has 0 heterocycles. The molecule has 0 spiro atoms. The summed E-state index contributed by atoms with van der Waals surface area (Å²) in [5.74, 6) is -0.627. The molecule has 0 aliphatic rings. The number of likely N-dealkylation sites (N-methyl/N-ethyl adjacent to an activating group) is 1. The van der Waals surface area contributed by atoms with Crippen LogP contribution < -0.4 is 10.1 Å². The number of ether oxygens (including phenoxy) is 1. The van der Waals surface area contributed by atoms with Gasteiger partial charge in [-0.3, -0.25) is 9.59 Å². The number of amides is 2. The number of hydrogen-bond donors (Lipinski definition) is 1. The zero-order valence-corrected chi connectivity index (χ0v) is 16.2. The van der Waals surface area contributed by atoms with Crippen molar-refractivity contribution in [1.29, 1.82) is 0 Å². The maximum Gasteiger partial charge on any atom is 0.387 e. The van der Waals surface area contributed by atoms with E-state index in [0.717, 1.165) is 4.90 Å². The van der Waals surface area contributed by atoms with Crippen LogP contribution in [0.25, 0.3) is 6.08 Å². The number of anilines is 1. The second-order valence-electron chi connectivity index (χ2n) is 5.72. The van der Waals surface area contributed by atoms with Gasteiger partial charge in [0.25, 0.3) is 0 Å². The summed E-state index contributed by atoms with van der Waals surface area (Å²) in [7, 11) is 1.52. The van der Waals surface area contributed by atoms with Gasteiger partial charge in [-0.05, 0) is 42.2 Å². The molecule has 0 bridgehead atoms. The van der Waals surface area contributed by atoms with E-state index in [1.54, 1.807) is 18.2 Å². The maximum absolute atomic E-state index is 12.2. The van der Waals surface area contributed by atoms with Gasteiger partial charge in [-0.25, -0.2) is 0 Å². The van der Waals surface area contributed by atoms with Gasteiger partial charge >= 0.3 is 6.61 Å². The topological polar surface area (TPSA) is 58.6 Å². The van der Waals surface area contributed by atoms with Gasteiger partial charge in [-0.2, -0.15) is 8.78 Å². The Hall–Kier alpha value is -2.87. The monoisotopic (exact) mass is 406 g/mol. The van der Waals surface area contributed by atoms with Crippen molar-refractivity contribution in [3.8, 4) is 5.75 Å². The smallest absolute Gasteiger partial charge is 0.387 e. The fraction of sp³-hybridized carbons (Fsp3) is 0.200. The van der Waals surface area contributed by atoms with Crippen LogP contribution in [0, 0.1) is 0 Å². The van der Waals surface area contributed by atoms with Gasteiger partial charge in [-0.15, -0.1) is 11.8 Å². The molecule has 0 aliphatic heterocycles. The van der Waals surface area contributed by atoms with E-state index in [0.29, 0.717) is 11.3 Å². The molecule has 148 valence electrons. The van der Waals surface area contributed by atoms with E-state index >= 15 is 0 Å². The van der Waals surface area contributed by atoms with E-state index < -0.39 is 6.61 Å². The summed E-state index contributed by atoms with van der Waals surface area (Å²) in [6.45, 7) is -2.99. The Kier molecular flexibility index (Phi) is 8.01. The normalized spacial score (nSPS) is 10.9. The van der Waals surface area contributed by atoms with Crippen LogP contribution in [-0.4, -0.2) is 43.2 Å². The molecule has 0 saturated heterocycles. The van der Waals surface area contributed by atoms with Gasteiger partial charge in [-0.1, -0.05) is 24.3 Å². The minimum Gasteiger partial charge on any atom is -0.435 e. The Labute approximate surface area is 166 Å². The zero-order chi connectivity index (χ0) is 20.5. The third-order valence-electron chi connectivity index (χ3n) is 3.66. The summed E-state index contributed by atoms with van der Waals surface area (Å²) in [4.78, 5) is 26.6. The fourth-order valence-corrected chi connectivity index (χ4v) is 2.84. The number of carbonyl (C=O) groups excluding carboxylic acids is 2. The summed E-state index contributed by atoms with van der Waals surface area (Å²) >= 11 is 1.52. The van der Waals surface area contributed by atoms with Gasteiger partial charge in [0.1, 0.15) is 5.75 Å². The Bertz CT molecular complexity index is 842. The fourth-order valence-electron chi connectivity index (χ4n) is 2.29. The summed E-state index contributed by atoms with van der Waals surface area (Å²) in [5.41, 5.74) is 1.34. The van der Waals surface area contributed by atoms with Crippen molar-refractivity contribution in [3.05, 3.63) is 60.2 Å². The van der Waals surface area contributed by atoms with Gasteiger partial charge in [0.15, 0.2) is 0 Å². The van der Waals surface area contributed by atoms with Crippen LogP contribution in [0.15, 0.2) is 59.5 Å². The number of carbonyl (C=O) groups is 2. The summed E-state index contributed by atoms with van der Waals surface area (Å²) < 4.78 is 28.5. The molecule has 0 aliphatic carbocycles. The van der Waals surface area contributed by atoms with Crippen LogP contribution in [-0.2, 0) is 9.59 Å². The second-order valence-corrected chi connectivity index (χ2v) is 6.57. The van der Waals surface area contributed by atoms with Crippen LogP contribution >= 0.6 is 11.8 Å². The molecule has 2 aromatic carbocycles. The van der Waals surface area contributed by atoms with E-state index in [-0.39, 0.29) is 24.1 Å². The van der Waals surface area contributed by atoms with Crippen LogP contribution in [0.4, 0.5) is 14.5 Å². The average Bonchev–Trinajstić information content (AvgIpc) is 2.67. The van der Waals surface area contributed by atoms with Gasteiger partial charge < -0.3 is 15.0 Å². The first-order valence-corrected chi connectivity index (χ1v) is 9.52. The number of nitrogens with zero attached hydrogens (tertiary/aromatic N) is 1. The Balaban J connectivity index is 1.89. The van der Waals surface area contributed by atoms with Crippen molar-refractivity contribution in [2.24, 2.45) is 0 Å². The molecule has 8 heteroatoms. The van der Waals surface area contributed by atoms with Crippen molar-refractivity contribution >= 4 is 35.3 Å². The highest BCUT2D eigenvalue weighted by atomic mass is 32.2. The Morgan fingerprint density at radius 3 is 2.50 bits per heavy atom. The largest absolute Gasteiger partial charge is 0.435 e. The predicted octanol–water partition coefficient (Wildman–Crippen LogP) is 4.12. The molecule has 0 saturated carbocycles. The molecule has 0 radical (unpaired) electrons. The lowest BCUT2D eigenvalue weighted by Crippen LogP contribution is -2.33. The molecule has 28 heavy (non-hydrogen) atoms. The molecule has 1 N–H and O–H groups in total. The number of benzene rings is 2. The van der Waals surface area contributed by atoms with E-state index in [2.05, 4.69) is 10.1 Å². The van der Waals surface area contributed by atoms with Crippen molar-refractivity contribution in [3.63, 3.8) is 0 Å². The van der Waals surface area contributed by atoms with Gasteiger partial charge in [0, 0.05) is 18.0 Å². The molecule has 0 atom stereocenters. The first-order valence-electron chi connectivity index (χ1n) is 8.30. The number of nitrogens with one attached hydrogen (secondary N) is 1. The van der Waals surface area contributed by atoms with Crippen molar-refractivity contribution in [2.45, 2.75) is 11.5 Å². The van der Waals surface area contributed by atoms with Crippen LogP contribution in [0.1, 0.15) is 5.56 Å². The Morgan fingerprint density at radius 2 is 1.86 bits per heavy atom. The molecule has 2 aromatic rings. The first kappa shape index (κ1) is 21.4. The third-order valence-corrected chi connectivity index (χ3v) is 4.46. The highest BCUT2D eigenvalue weighted by Crippen LogP contribution is 2.24. The minimum atomic E-state index is -2.88. The quantitative estimate of drug-likeness (QED) is 0.529. The lowest BCUT2D eigenvalue weighted by Gasteiger charge is -2.15. The summed E-state index contributed by atoms with van der Waals surface area (Å²) in [6.07, 6.45) is 4.76. The van der Waals surface area contributed by atoms with Crippen molar-refractivity contribution in [1.82, 2.24) is 4.90 Å². The number of para-hydroxylation sites is 1. The van der Waals surface area contributed by atoms with E-state index in [1.807, 2.05) is 24.5 Å². The summed E-state index contributed by atoms with van der Waals surface area (Å²) in [5, 5.41) is 2.79. The Morgan fingerprint density at radius 1 is 1.18 bits per heavy atom. The number of rotatable bonds is 8. The van der Waals surface area contributed by atoms with Crippen LogP contribution in [0.3, 0.4) is 0 Å². The van der Waals surface area contributed by atoms with Crippen molar-refractivity contribution in [2.75, 3.05) is 25.2 Å². The van der Waals surface area contributed by atoms with Crippen LogP contribution in [0.5, 0.6) is 5.75 Å². The standard InChI is InChI=1S/C20H20F2N2O3S/c1-24(13-18(25)23-16-5-3-4-6-17(16)28-2)19(26)12-9-14-7-10-15(11-8-14)27-20(21)22/h3-12,20H,13H2,1-2H3,(H,23,25)/b12-9+. The van der Waals surface area contributed by atoms with Crippen molar-refractivity contribution < 1.29 is 23.1 Å². The SMILES string of the molecule is CSc1ccccc1NC(=O)CN(C)C(=O)/C=C/c1ccc(OC(F)F)cc1. The molecule has 5 nitrogen and oxygen atoms in total. The molecule has 2 rings (SSSR count). The summed E-state index contributed by atoms with van der Waals surface area (Å²) in [6, 6.07) is 13.3. The zero-order valence-electron chi connectivity index (χ0n) is 15.4. The van der Waals surface area contributed by atoms with E-state index in [4.69, 9.17) is 0 Å². The number of hydrogen-bond acceptors (Lipinski definition) is 4. The first-order chi connectivity index (χ1) is 13.4. The maximum atomic E-state index is 12.2. The third kappa shape index (κ3) is 6.70. The highest BCUT2D eigenvalue weighted by Gasteiger charge is 2.12. The van der Waals surface area contributed by atoms with E-state index in [1.165, 1.54) is 48.0 Å².